The number of pyridine rings is 1. The van der Waals surface area contributed by atoms with E-state index in [1.807, 2.05) is 13.0 Å². The van der Waals surface area contributed by atoms with Crippen LogP contribution in [0, 0.1) is 0 Å². The highest BCUT2D eigenvalue weighted by Gasteiger charge is 2.21. The molecular weight excluding hydrogens is 220 g/mol. The predicted molar refractivity (Wildman–Crippen MR) is 60.7 cm³/mol. The summed E-state index contributed by atoms with van der Waals surface area (Å²) in [4.78, 5) is 15.6. The van der Waals surface area contributed by atoms with Gasteiger partial charge in [-0.1, -0.05) is 6.92 Å². The van der Waals surface area contributed by atoms with Crippen molar-refractivity contribution < 1.29 is 14.6 Å². The van der Waals surface area contributed by atoms with Crippen molar-refractivity contribution in [2.24, 2.45) is 0 Å². The van der Waals surface area contributed by atoms with Crippen molar-refractivity contribution in [3.8, 4) is 5.75 Å². The van der Waals surface area contributed by atoms with Crippen LogP contribution in [0.2, 0.25) is 0 Å². The first-order chi connectivity index (χ1) is 8.20. The lowest BCUT2D eigenvalue weighted by Gasteiger charge is -2.02. The zero-order valence-corrected chi connectivity index (χ0v) is 9.43. The number of hydrogen-bond acceptors (Lipinski definition) is 3. The third kappa shape index (κ3) is 1.39. The molecule has 0 amide bonds. The summed E-state index contributed by atoms with van der Waals surface area (Å²) < 4.78 is 7.05. The van der Waals surface area contributed by atoms with Gasteiger partial charge < -0.3 is 9.84 Å². The van der Waals surface area contributed by atoms with Gasteiger partial charge in [-0.3, -0.25) is 4.40 Å². The minimum absolute atomic E-state index is 0.237. The summed E-state index contributed by atoms with van der Waals surface area (Å²) in [7, 11) is 0. The SMILES string of the molecule is CCc1nc2cc3c(cn2c1C(=O)O)OCC3. The van der Waals surface area contributed by atoms with Crippen LogP contribution in [0.3, 0.4) is 0 Å². The lowest BCUT2D eigenvalue weighted by Crippen LogP contribution is -2.05. The molecule has 88 valence electrons. The minimum atomic E-state index is -0.952. The molecule has 0 bridgehead atoms. The zero-order valence-electron chi connectivity index (χ0n) is 9.43. The molecule has 3 heterocycles. The third-order valence-electron chi connectivity index (χ3n) is 3.04. The number of carbonyl (C=O) groups is 1. The molecule has 0 aromatic carbocycles. The second-order valence-corrected chi connectivity index (χ2v) is 4.06. The van der Waals surface area contributed by atoms with Crippen molar-refractivity contribution in [2.75, 3.05) is 6.61 Å². The van der Waals surface area contributed by atoms with Gasteiger partial charge in [0.1, 0.15) is 11.4 Å². The fourth-order valence-electron chi connectivity index (χ4n) is 2.23. The summed E-state index contributed by atoms with van der Waals surface area (Å²) >= 11 is 0. The number of fused-ring (bicyclic) bond motifs is 2. The third-order valence-corrected chi connectivity index (χ3v) is 3.04. The van der Waals surface area contributed by atoms with E-state index >= 15 is 0 Å². The van der Waals surface area contributed by atoms with Gasteiger partial charge in [0.15, 0.2) is 5.69 Å². The summed E-state index contributed by atoms with van der Waals surface area (Å²) in [6.45, 7) is 2.56. The van der Waals surface area contributed by atoms with Crippen LogP contribution in [-0.2, 0) is 12.8 Å². The van der Waals surface area contributed by atoms with Crippen LogP contribution in [0.1, 0.15) is 28.7 Å². The Balaban J connectivity index is 2.33. The van der Waals surface area contributed by atoms with Gasteiger partial charge >= 0.3 is 5.97 Å². The minimum Gasteiger partial charge on any atom is -0.491 e. The van der Waals surface area contributed by atoms with Crippen molar-refractivity contribution in [1.29, 1.82) is 0 Å². The molecule has 17 heavy (non-hydrogen) atoms. The Kier molecular flexibility index (Phi) is 2.07. The Bertz CT molecular complexity index is 616. The van der Waals surface area contributed by atoms with E-state index < -0.39 is 5.97 Å². The fraction of sp³-hybridized carbons (Fsp3) is 0.333. The standard InChI is InChI=1S/C12H12N2O3/c1-2-8-11(12(15)16)14-6-9-7(3-4-17-9)5-10(14)13-8/h5-6H,2-4H2,1H3,(H,15,16). The van der Waals surface area contributed by atoms with Crippen LogP contribution in [0.15, 0.2) is 12.3 Å². The lowest BCUT2D eigenvalue weighted by molar-refractivity contribution is 0.0688. The van der Waals surface area contributed by atoms with Gasteiger partial charge in [0.2, 0.25) is 0 Å². The average molecular weight is 232 g/mol. The first-order valence-corrected chi connectivity index (χ1v) is 5.60. The molecule has 0 saturated carbocycles. The van der Waals surface area contributed by atoms with Crippen molar-refractivity contribution in [1.82, 2.24) is 9.38 Å². The maximum Gasteiger partial charge on any atom is 0.354 e. The summed E-state index contributed by atoms with van der Waals surface area (Å²) in [5.74, 6) is -0.188. The second-order valence-electron chi connectivity index (χ2n) is 4.06. The highest BCUT2D eigenvalue weighted by atomic mass is 16.5. The van der Waals surface area contributed by atoms with E-state index in [4.69, 9.17) is 4.74 Å². The molecule has 1 aliphatic heterocycles. The Labute approximate surface area is 97.7 Å². The Morgan fingerprint density at radius 2 is 2.47 bits per heavy atom. The number of aryl methyl sites for hydroxylation is 1. The molecule has 2 aromatic heterocycles. The van der Waals surface area contributed by atoms with Crippen LogP contribution in [0.25, 0.3) is 5.65 Å². The normalized spacial score (nSPS) is 13.7. The molecule has 0 spiro atoms. The Morgan fingerprint density at radius 1 is 1.65 bits per heavy atom. The molecule has 2 aromatic rings. The number of aromatic carboxylic acids is 1. The number of ether oxygens (including phenoxy) is 1. The number of imidazole rings is 1. The first kappa shape index (κ1) is 10.1. The van der Waals surface area contributed by atoms with Crippen LogP contribution in [0.4, 0.5) is 0 Å². The second kappa shape index (κ2) is 3.48. The topological polar surface area (TPSA) is 63.8 Å². The van der Waals surface area contributed by atoms with Crippen molar-refractivity contribution in [3.63, 3.8) is 0 Å². The molecule has 3 rings (SSSR count). The van der Waals surface area contributed by atoms with E-state index in [9.17, 15) is 9.90 Å². The molecule has 0 atom stereocenters. The molecule has 5 nitrogen and oxygen atoms in total. The molecule has 1 aliphatic rings. The van der Waals surface area contributed by atoms with E-state index in [1.54, 1.807) is 10.6 Å². The number of carboxylic acids is 1. The quantitative estimate of drug-likeness (QED) is 0.852. The van der Waals surface area contributed by atoms with Crippen molar-refractivity contribution in [2.45, 2.75) is 19.8 Å². The number of carboxylic acid groups (broad SMARTS) is 1. The predicted octanol–water partition coefficient (Wildman–Crippen LogP) is 1.53. The average Bonchev–Trinajstić information content (AvgIpc) is 2.87. The molecule has 0 saturated heterocycles. The summed E-state index contributed by atoms with van der Waals surface area (Å²) in [5.41, 5.74) is 2.63. The number of nitrogens with zero attached hydrogens (tertiary/aromatic N) is 2. The van der Waals surface area contributed by atoms with E-state index in [0.717, 1.165) is 17.7 Å². The van der Waals surface area contributed by atoms with Gasteiger partial charge in [-0.2, -0.15) is 0 Å². The van der Waals surface area contributed by atoms with E-state index in [2.05, 4.69) is 4.98 Å². The Hall–Kier alpha value is -2.04. The molecule has 0 aliphatic carbocycles. The number of hydrogen-bond donors (Lipinski definition) is 1. The summed E-state index contributed by atoms with van der Waals surface area (Å²) in [6.07, 6.45) is 3.20. The molecule has 0 fully saturated rings. The lowest BCUT2D eigenvalue weighted by atomic mass is 10.2. The fourth-order valence-corrected chi connectivity index (χ4v) is 2.23. The van der Waals surface area contributed by atoms with Crippen LogP contribution >= 0.6 is 0 Å². The maximum atomic E-state index is 11.3. The van der Waals surface area contributed by atoms with Crippen molar-refractivity contribution >= 4 is 11.6 Å². The molecule has 1 N–H and O–H groups in total. The largest absolute Gasteiger partial charge is 0.491 e. The molecule has 0 radical (unpaired) electrons. The highest BCUT2D eigenvalue weighted by molar-refractivity contribution is 5.88. The van der Waals surface area contributed by atoms with E-state index in [-0.39, 0.29) is 5.69 Å². The number of aromatic nitrogens is 2. The van der Waals surface area contributed by atoms with Gasteiger partial charge in [0.05, 0.1) is 18.5 Å². The summed E-state index contributed by atoms with van der Waals surface area (Å²) in [5, 5.41) is 9.23. The van der Waals surface area contributed by atoms with Crippen molar-refractivity contribution in [3.05, 3.63) is 29.2 Å². The first-order valence-electron chi connectivity index (χ1n) is 5.60. The maximum absolute atomic E-state index is 11.3. The molecular formula is C12H12N2O3. The zero-order chi connectivity index (χ0) is 12.0. The van der Waals surface area contributed by atoms with Gasteiger partial charge in [-0.25, -0.2) is 9.78 Å². The molecule has 0 unspecified atom stereocenters. The van der Waals surface area contributed by atoms with Gasteiger partial charge in [-0.15, -0.1) is 0 Å². The summed E-state index contributed by atoms with van der Waals surface area (Å²) in [6, 6.07) is 1.91. The Morgan fingerprint density at radius 3 is 3.18 bits per heavy atom. The smallest absolute Gasteiger partial charge is 0.354 e. The van der Waals surface area contributed by atoms with Crippen LogP contribution in [-0.4, -0.2) is 27.1 Å². The highest BCUT2D eigenvalue weighted by Crippen LogP contribution is 2.27. The monoisotopic (exact) mass is 232 g/mol. The van der Waals surface area contributed by atoms with Crippen LogP contribution < -0.4 is 4.74 Å². The number of rotatable bonds is 2. The van der Waals surface area contributed by atoms with Crippen LogP contribution in [0.5, 0.6) is 5.75 Å². The molecule has 5 heteroatoms. The van der Waals surface area contributed by atoms with Gasteiger partial charge in [-0.05, 0) is 12.5 Å². The van der Waals surface area contributed by atoms with Gasteiger partial charge in [0, 0.05) is 12.0 Å². The van der Waals surface area contributed by atoms with Gasteiger partial charge in [0.25, 0.3) is 0 Å². The van der Waals surface area contributed by atoms with E-state index in [1.165, 1.54) is 0 Å². The van der Waals surface area contributed by atoms with E-state index in [0.29, 0.717) is 24.4 Å².